The lowest BCUT2D eigenvalue weighted by Gasteiger charge is -2.21. The molecule has 0 unspecified atom stereocenters. The summed E-state index contributed by atoms with van der Waals surface area (Å²) >= 11 is 0. The van der Waals surface area contributed by atoms with E-state index >= 15 is 0 Å². The highest BCUT2D eigenvalue weighted by Gasteiger charge is 2.15. The van der Waals surface area contributed by atoms with E-state index in [2.05, 4.69) is 54.3 Å². The Bertz CT molecular complexity index is 594. The lowest BCUT2D eigenvalue weighted by Crippen LogP contribution is -2.13. The van der Waals surface area contributed by atoms with Gasteiger partial charge in [0.25, 0.3) is 0 Å². The molecule has 3 nitrogen and oxygen atoms in total. The molecule has 0 bridgehead atoms. The van der Waals surface area contributed by atoms with E-state index in [9.17, 15) is 0 Å². The van der Waals surface area contributed by atoms with E-state index in [1.54, 1.807) is 0 Å². The third-order valence-corrected chi connectivity index (χ3v) is 4.45. The van der Waals surface area contributed by atoms with Crippen LogP contribution in [0.5, 0.6) is 0 Å². The van der Waals surface area contributed by atoms with E-state index in [1.165, 1.54) is 48.9 Å². The average molecular weight is 283 g/mol. The first-order valence-corrected chi connectivity index (χ1v) is 8.07. The highest BCUT2D eigenvalue weighted by atomic mass is 15.3. The smallest absolute Gasteiger partial charge is 0.0815 e. The summed E-state index contributed by atoms with van der Waals surface area (Å²) in [6, 6.07) is 9.28. The van der Waals surface area contributed by atoms with Crippen LogP contribution in [0.3, 0.4) is 0 Å². The predicted molar refractivity (Wildman–Crippen MR) is 87.6 cm³/mol. The Morgan fingerprint density at radius 2 is 1.95 bits per heavy atom. The van der Waals surface area contributed by atoms with Crippen molar-refractivity contribution < 1.29 is 0 Å². The predicted octanol–water partition coefficient (Wildman–Crippen LogP) is 4.62. The van der Waals surface area contributed by atoms with Crippen molar-refractivity contribution in [3.63, 3.8) is 0 Å². The molecule has 0 amide bonds. The van der Waals surface area contributed by atoms with Crippen molar-refractivity contribution in [1.29, 1.82) is 0 Å². The average Bonchev–Trinajstić information content (AvgIpc) is 2.96. The van der Waals surface area contributed by atoms with E-state index in [0.717, 1.165) is 12.2 Å². The summed E-state index contributed by atoms with van der Waals surface area (Å²) < 4.78 is 2.18. The molecule has 0 atom stereocenters. The van der Waals surface area contributed by atoms with Crippen LogP contribution < -0.4 is 5.32 Å². The van der Waals surface area contributed by atoms with Crippen molar-refractivity contribution in [3.05, 3.63) is 47.3 Å². The molecule has 1 fully saturated rings. The van der Waals surface area contributed by atoms with Crippen LogP contribution >= 0.6 is 0 Å². The van der Waals surface area contributed by atoms with Crippen LogP contribution in [0.15, 0.2) is 30.5 Å². The maximum atomic E-state index is 4.75. The zero-order valence-corrected chi connectivity index (χ0v) is 13.1. The lowest BCUT2D eigenvalue weighted by molar-refractivity contribution is 0.328. The van der Waals surface area contributed by atoms with Crippen LogP contribution in [0.1, 0.15) is 55.0 Å². The maximum Gasteiger partial charge on any atom is 0.0815 e. The molecule has 1 aromatic heterocycles. The molecule has 0 radical (unpaired) electrons. The molecule has 0 spiro atoms. The van der Waals surface area contributed by atoms with Crippen LogP contribution in [0, 0.1) is 13.8 Å². The highest BCUT2D eigenvalue weighted by Crippen LogP contribution is 2.27. The van der Waals surface area contributed by atoms with E-state index in [0.29, 0.717) is 6.04 Å². The number of hydrogen-bond donors (Lipinski definition) is 1. The van der Waals surface area contributed by atoms with Gasteiger partial charge in [0.05, 0.1) is 18.3 Å². The molecular weight excluding hydrogens is 258 g/mol. The minimum Gasteiger partial charge on any atom is -0.379 e. The molecule has 1 aromatic carbocycles. The van der Waals surface area contributed by atoms with Gasteiger partial charge in [-0.25, -0.2) is 0 Å². The summed E-state index contributed by atoms with van der Waals surface area (Å²) in [6.07, 6.45) is 8.80. The molecular formula is C18H25N3. The van der Waals surface area contributed by atoms with Crippen LogP contribution in [0.25, 0.3) is 0 Å². The van der Waals surface area contributed by atoms with Crippen molar-refractivity contribution in [2.75, 3.05) is 5.32 Å². The number of benzene rings is 1. The van der Waals surface area contributed by atoms with Gasteiger partial charge in [0.2, 0.25) is 0 Å². The fraction of sp³-hybridized carbons (Fsp3) is 0.500. The van der Waals surface area contributed by atoms with E-state index in [1.807, 2.05) is 0 Å². The molecule has 1 aliphatic carbocycles. The van der Waals surface area contributed by atoms with Crippen molar-refractivity contribution in [2.45, 2.75) is 58.5 Å². The molecule has 0 saturated heterocycles. The number of aromatic nitrogens is 2. The third-order valence-electron chi connectivity index (χ3n) is 4.45. The summed E-state index contributed by atoms with van der Waals surface area (Å²) in [5.74, 6) is 0. The first-order chi connectivity index (χ1) is 10.2. The van der Waals surface area contributed by atoms with E-state index < -0.39 is 0 Å². The first-order valence-electron chi connectivity index (χ1n) is 8.07. The first kappa shape index (κ1) is 14.2. The van der Waals surface area contributed by atoms with E-state index in [-0.39, 0.29) is 0 Å². The number of aryl methyl sites for hydroxylation is 2. The van der Waals surface area contributed by atoms with Gasteiger partial charge in [0, 0.05) is 11.9 Å². The highest BCUT2D eigenvalue weighted by molar-refractivity contribution is 5.51. The Balaban J connectivity index is 1.61. The maximum absolute atomic E-state index is 4.75. The van der Waals surface area contributed by atoms with Gasteiger partial charge in [-0.1, -0.05) is 37.0 Å². The summed E-state index contributed by atoms with van der Waals surface area (Å²) in [6.45, 7) is 5.07. The molecule has 3 heteroatoms. The number of anilines is 1. The van der Waals surface area contributed by atoms with Gasteiger partial charge >= 0.3 is 0 Å². The van der Waals surface area contributed by atoms with Gasteiger partial charge in [-0.2, -0.15) is 5.10 Å². The molecule has 21 heavy (non-hydrogen) atoms. The van der Waals surface area contributed by atoms with Crippen LogP contribution in [0.4, 0.5) is 5.69 Å². The van der Waals surface area contributed by atoms with Gasteiger partial charge in [-0.05, 0) is 44.4 Å². The van der Waals surface area contributed by atoms with Crippen molar-refractivity contribution in [1.82, 2.24) is 9.78 Å². The summed E-state index contributed by atoms with van der Waals surface area (Å²) in [7, 11) is 0. The Labute approximate surface area is 127 Å². The molecule has 112 valence electrons. The van der Waals surface area contributed by atoms with Crippen LogP contribution in [-0.2, 0) is 6.54 Å². The van der Waals surface area contributed by atoms with Crippen molar-refractivity contribution >= 4 is 5.69 Å². The fourth-order valence-electron chi connectivity index (χ4n) is 3.22. The summed E-state index contributed by atoms with van der Waals surface area (Å²) in [4.78, 5) is 0. The molecule has 1 N–H and O–H groups in total. The Morgan fingerprint density at radius 1 is 1.14 bits per heavy atom. The van der Waals surface area contributed by atoms with Crippen LogP contribution in [0.2, 0.25) is 0 Å². The number of nitrogens with zero attached hydrogens (tertiary/aromatic N) is 2. The molecule has 3 rings (SSSR count). The molecule has 2 aromatic rings. The topological polar surface area (TPSA) is 29.9 Å². The van der Waals surface area contributed by atoms with E-state index in [4.69, 9.17) is 5.10 Å². The second kappa shape index (κ2) is 6.33. The molecule has 1 heterocycles. The number of hydrogen-bond acceptors (Lipinski definition) is 2. The molecule has 1 saturated carbocycles. The SMILES string of the molecule is Cc1ccc(NCc2ccn(C3CCCCC3)n2)c(C)c1. The number of nitrogens with one attached hydrogen (secondary N) is 1. The van der Waals surface area contributed by atoms with Crippen molar-refractivity contribution in [2.24, 2.45) is 0 Å². The quantitative estimate of drug-likeness (QED) is 0.887. The molecule has 1 aliphatic rings. The zero-order chi connectivity index (χ0) is 14.7. The number of rotatable bonds is 4. The minimum atomic E-state index is 0.619. The van der Waals surface area contributed by atoms with Crippen LogP contribution in [-0.4, -0.2) is 9.78 Å². The summed E-state index contributed by atoms with van der Waals surface area (Å²) in [5, 5.41) is 8.25. The Morgan fingerprint density at radius 3 is 2.71 bits per heavy atom. The monoisotopic (exact) mass is 283 g/mol. The largest absolute Gasteiger partial charge is 0.379 e. The van der Waals surface area contributed by atoms with Crippen molar-refractivity contribution in [3.8, 4) is 0 Å². The summed E-state index contributed by atoms with van der Waals surface area (Å²) in [5.41, 5.74) is 4.93. The standard InChI is InChI=1S/C18H25N3/c1-14-8-9-18(15(2)12-14)19-13-16-10-11-21(20-16)17-6-4-3-5-7-17/h8-12,17,19H,3-7,13H2,1-2H3. The van der Waals surface area contributed by atoms with Gasteiger partial charge in [0.1, 0.15) is 0 Å². The lowest BCUT2D eigenvalue weighted by atomic mass is 9.96. The molecule has 0 aliphatic heterocycles. The van der Waals surface area contributed by atoms with Gasteiger partial charge in [0.15, 0.2) is 0 Å². The minimum absolute atomic E-state index is 0.619. The second-order valence-corrected chi connectivity index (χ2v) is 6.25. The van der Waals surface area contributed by atoms with Gasteiger partial charge in [-0.3, -0.25) is 4.68 Å². The Hall–Kier alpha value is -1.77. The second-order valence-electron chi connectivity index (χ2n) is 6.25. The zero-order valence-electron chi connectivity index (χ0n) is 13.1. The Kier molecular flexibility index (Phi) is 4.28. The van der Waals surface area contributed by atoms with Gasteiger partial charge in [-0.15, -0.1) is 0 Å². The normalized spacial score (nSPS) is 16.1. The van der Waals surface area contributed by atoms with Gasteiger partial charge < -0.3 is 5.32 Å². The fourth-order valence-corrected chi connectivity index (χ4v) is 3.22. The third kappa shape index (κ3) is 3.46.